The number of amides is 2. The Morgan fingerprint density at radius 3 is 2.55 bits per heavy atom. The summed E-state index contributed by atoms with van der Waals surface area (Å²) in [7, 11) is 2.88. The molecule has 0 atom stereocenters. The Hall–Kier alpha value is -4.70. The lowest BCUT2D eigenvalue weighted by molar-refractivity contribution is -0.142. The molecule has 194 valence electrons. The summed E-state index contributed by atoms with van der Waals surface area (Å²) in [5, 5.41) is 2.70. The molecule has 10 heteroatoms. The monoisotopic (exact) mass is 514 g/mol. The summed E-state index contributed by atoms with van der Waals surface area (Å²) in [5.41, 5.74) is 2.49. The minimum absolute atomic E-state index is 0.0577. The molecule has 0 spiro atoms. The number of carbonyl (C=O) groups excluding carboxylic acids is 3. The van der Waals surface area contributed by atoms with Crippen molar-refractivity contribution in [3.8, 4) is 5.75 Å². The van der Waals surface area contributed by atoms with E-state index in [4.69, 9.17) is 14.2 Å². The second kappa shape index (κ2) is 10.7. The van der Waals surface area contributed by atoms with Crippen molar-refractivity contribution in [1.29, 1.82) is 0 Å². The number of para-hydroxylation sites is 2. The largest absolute Gasteiger partial charge is 0.497 e. The van der Waals surface area contributed by atoms with Gasteiger partial charge >= 0.3 is 11.9 Å². The molecule has 38 heavy (non-hydrogen) atoms. The number of anilines is 1. The molecule has 0 radical (unpaired) electrons. The summed E-state index contributed by atoms with van der Waals surface area (Å²) in [6.45, 7) is 0.612. The number of carbonyl (C=O) groups is 3. The maximum Gasteiger partial charge on any atom is 0.340 e. The van der Waals surface area contributed by atoms with Gasteiger partial charge in [0.15, 0.2) is 0 Å². The van der Waals surface area contributed by atoms with Crippen LogP contribution in [-0.4, -0.2) is 66.3 Å². The lowest BCUT2D eigenvalue weighted by atomic mass is 10.1. The number of benzene rings is 3. The number of aromatic nitrogens is 2. The minimum atomic E-state index is -0.566. The summed E-state index contributed by atoms with van der Waals surface area (Å²) in [6, 6.07) is 21.5. The van der Waals surface area contributed by atoms with Gasteiger partial charge in [0.1, 0.15) is 17.9 Å². The molecule has 4 aromatic rings. The molecule has 10 nitrogen and oxygen atoms in total. The van der Waals surface area contributed by atoms with Gasteiger partial charge in [-0.3, -0.25) is 9.59 Å². The van der Waals surface area contributed by atoms with E-state index in [-0.39, 0.29) is 43.6 Å². The number of hydrazine groups is 1. The molecular weight excluding hydrogens is 488 g/mol. The number of hydrogen-bond acceptors (Lipinski definition) is 7. The fourth-order valence-electron chi connectivity index (χ4n) is 4.45. The van der Waals surface area contributed by atoms with Crippen molar-refractivity contribution in [1.82, 2.24) is 14.6 Å². The summed E-state index contributed by atoms with van der Waals surface area (Å²) < 4.78 is 17.4. The van der Waals surface area contributed by atoms with Gasteiger partial charge in [0, 0.05) is 6.54 Å². The molecule has 0 unspecified atom stereocenters. The maximum atomic E-state index is 14.3. The van der Waals surface area contributed by atoms with Crippen LogP contribution in [0.5, 0.6) is 5.75 Å². The predicted molar refractivity (Wildman–Crippen MR) is 139 cm³/mol. The Kier molecular flexibility index (Phi) is 7.05. The van der Waals surface area contributed by atoms with Gasteiger partial charge in [0.2, 0.25) is 5.82 Å². The van der Waals surface area contributed by atoms with E-state index < -0.39 is 11.9 Å². The third-order valence-corrected chi connectivity index (χ3v) is 6.25. The molecule has 0 N–H and O–H groups in total. The summed E-state index contributed by atoms with van der Waals surface area (Å²) >= 11 is 0. The molecule has 0 bridgehead atoms. The number of ether oxygens (including phenoxy) is 3. The Morgan fingerprint density at radius 2 is 1.82 bits per heavy atom. The molecule has 0 aliphatic carbocycles. The molecule has 2 heterocycles. The Morgan fingerprint density at radius 1 is 1.03 bits per heavy atom. The fraction of sp³-hybridized carbons (Fsp3) is 0.214. The molecule has 1 aromatic heterocycles. The van der Waals surface area contributed by atoms with Crippen molar-refractivity contribution in [2.24, 2.45) is 0 Å². The van der Waals surface area contributed by atoms with Gasteiger partial charge in [-0.1, -0.05) is 36.4 Å². The topological polar surface area (TPSA) is 103 Å². The lowest BCUT2D eigenvalue weighted by Gasteiger charge is -2.36. The van der Waals surface area contributed by atoms with E-state index in [2.05, 4.69) is 4.98 Å². The predicted octanol–water partition coefficient (Wildman–Crippen LogP) is 3.30. The summed E-state index contributed by atoms with van der Waals surface area (Å²) in [4.78, 5) is 44.4. The van der Waals surface area contributed by atoms with Crippen molar-refractivity contribution >= 4 is 34.5 Å². The number of methoxy groups -OCH3 is 2. The Bertz CT molecular complexity index is 1500. The minimum Gasteiger partial charge on any atom is -0.497 e. The first-order valence-electron chi connectivity index (χ1n) is 12.0. The van der Waals surface area contributed by atoms with Gasteiger partial charge in [-0.05, 0) is 42.0 Å². The first-order valence-corrected chi connectivity index (χ1v) is 12.0. The molecule has 5 rings (SSSR count). The number of esters is 1. The molecule has 1 aliphatic heterocycles. The van der Waals surface area contributed by atoms with Crippen molar-refractivity contribution in [2.75, 3.05) is 39.0 Å². The van der Waals surface area contributed by atoms with Gasteiger partial charge < -0.3 is 18.8 Å². The highest BCUT2D eigenvalue weighted by Crippen LogP contribution is 2.27. The zero-order chi connectivity index (χ0) is 26.6. The fourth-order valence-corrected chi connectivity index (χ4v) is 4.45. The van der Waals surface area contributed by atoms with E-state index in [1.807, 2.05) is 30.3 Å². The van der Waals surface area contributed by atoms with Gasteiger partial charge in [-0.25, -0.2) is 19.8 Å². The van der Waals surface area contributed by atoms with E-state index in [1.165, 1.54) is 17.1 Å². The van der Waals surface area contributed by atoms with Crippen molar-refractivity contribution < 1.29 is 28.6 Å². The van der Waals surface area contributed by atoms with Crippen LogP contribution in [0.3, 0.4) is 0 Å². The van der Waals surface area contributed by atoms with E-state index >= 15 is 0 Å². The molecule has 1 aliphatic rings. The van der Waals surface area contributed by atoms with Crippen molar-refractivity contribution in [3.63, 3.8) is 0 Å². The zero-order valence-electron chi connectivity index (χ0n) is 21.0. The number of fused-ring (bicyclic) bond motifs is 1. The summed E-state index contributed by atoms with van der Waals surface area (Å²) in [5.74, 6) is -0.716. The molecule has 1 fully saturated rings. The highest BCUT2D eigenvalue weighted by Gasteiger charge is 2.34. The Balaban J connectivity index is 1.69. The molecule has 3 aromatic carbocycles. The van der Waals surface area contributed by atoms with Crippen LogP contribution in [0.25, 0.3) is 11.0 Å². The van der Waals surface area contributed by atoms with E-state index in [0.29, 0.717) is 22.5 Å². The van der Waals surface area contributed by atoms with Crippen LogP contribution in [0.1, 0.15) is 26.5 Å². The second-order valence-corrected chi connectivity index (χ2v) is 8.56. The van der Waals surface area contributed by atoms with Crippen LogP contribution in [0.4, 0.5) is 5.69 Å². The number of rotatable bonds is 7. The van der Waals surface area contributed by atoms with Crippen LogP contribution in [-0.2, 0) is 20.8 Å². The third-order valence-electron chi connectivity index (χ3n) is 6.25. The first-order chi connectivity index (χ1) is 18.5. The van der Waals surface area contributed by atoms with Gasteiger partial charge in [0.25, 0.3) is 5.91 Å². The third kappa shape index (κ3) is 4.69. The van der Waals surface area contributed by atoms with E-state index in [9.17, 15) is 14.4 Å². The molecule has 2 amide bonds. The van der Waals surface area contributed by atoms with Gasteiger partial charge in [0.05, 0.1) is 44.1 Å². The quantitative estimate of drug-likeness (QED) is 0.349. The average Bonchev–Trinajstić information content (AvgIpc) is 3.32. The van der Waals surface area contributed by atoms with Crippen LogP contribution < -0.4 is 9.75 Å². The van der Waals surface area contributed by atoms with Crippen LogP contribution in [0, 0.1) is 0 Å². The average molecular weight is 515 g/mol. The van der Waals surface area contributed by atoms with Crippen LogP contribution in [0.15, 0.2) is 72.8 Å². The van der Waals surface area contributed by atoms with Gasteiger partial charge in [-0.15, -0.1) is 0 Å². The first kappa shape index (κ1) is 25.0. The number of nitrogens with zero attached hydrogens (tertiary/aromatic N) is 4. The summed E-state index contributed by atoms with van der Waals surface area (Å²) in [6.07, 6.45) is 0. The number of hydrogen-bond donors (Lipinski definition) is 0. The van der Waals surface area contributed by atoms with Crippen LogP contribution in [0.2, 0.25) is 0 Å². The highest BCUT2D eigenvalue weighted by molar-refractivity contribution is 6.09. The van der Waals surface area contributed by atoms with Crippen molar-refractivity contribution in [2.45, 2.75) is 6.54 Å². The SMILES string of the molecule is COC(=O)c1cccc2c1nc(C(=O)N(c1ccccc1)N1CCOCC1=O)n2Cc1cccc(OC)c1. The lowest BCUT2D eigenvalue weighted by Crippen LogP contribution is -2.55. The van der Waals surface area contributed by atoms with E-state index in [0.717, 1.165) is 5.56 Å². The normalized spacial score (nSPS) is 13.4. The van der Waals surface area contributed by atoms with Crippen molar-refractivity contribution in [3.05, 3.63) is 89.7 Å². The molecular formula is C28H26N4O6. The van der Waals surface area contributed by atoms with Gasteiger partial charge in [-0.2, -0.15) is 0 Å². The molecule has 1 saturated heterocycles. The highest BCUT2D eigenvalue weighted by atomic mass is 16.5. The zero-order valence-corrected chi connectivity index (χ0v) is 21.0. The number of morpholine rings is 1. The maximum absolute atomic E-state index is 14.3. The Labute approximate surface area is 218 Å². The van der Waals surface area contributed by atoms with E-state index in [1.54, 1.807) is 54.1 Å². The van der Waals surface area contributed by atoms with Crippen LogP contribution >= 0.6 is 0 Å². The number of imidazole rings is 1. The standard InChI is InChI=1S/C28H26N4O6/c1-36-21-11-6-8-19(16-21)17-30-23-13-7-12-22(28(35)37-2)25(23)29-26(30)27(34)32(20-9-4-3-5-10-20)31-14-15-38-18-24(31)33/h3-13,16H,14-15,17-18H2,1-2H3. The second-order valence-electron chi connectivity index (χ2n) is 8.56. The smallest absolute Gasteiger partial charge is 0.340 e. The molecule has 0 saturated carbocycles.